The molecule has 1 rings (SSSR count). The van der Waals surface area contributed by atoms with Crippen molar-refractivity contribution in [1.82, 2.24) is 10.2 Å². The smallest absolute Gasteiger partial charge is 0.241 e. The van der Waals surface area contributed by atoms with Gasteiger partial charge >= 0.3 is 0 Å². The molecule has 3 N–H and O–H groups in total. The zero-order valence-electron chi connectivity index (χ0n) is 8.56. The number of nitrogens with one attached hydrogen (secondary N) is 1. The van der Waals surface area contributed by atoms with Gasteiger partial charge < -0.3 is 16.0 Å². The number of hydrogen-bond donors (Lipinski definition) is 2. The quantitative estimate of drug-likeness (QED) is 0.345. The number of carbonyl (C=O) groups is 2. The summed E-state index contributed by atoms with van der Waals surface area (Å²) >= 11 is 0. The van der Waals surface area contributed by atoms with Gasteiger partial charge in [0.25, 0.3) is 0 Å². The van der Waals surface area contributed by atoms with Gasteiger partial charge in [-0.3, -0.25) is 14.6 Å². The van der Waals surface area contributed by atoms with Gasteiger partial charge in [0, 0.05) is 19.1 Å². The van der Waals surface area contributed by atoms with Crippen molar-refractivity contribution >= 4 is 18.7 Å². The lowest BCUT2D eigenvalue weighted by atomic mass is 10.1. The molecule has 84 valence electrons. The van der Waals surface area contributed by atoms with Gasteiger partial charge in [0.15, 0.2) is 0 Å². The molecule has 1 saturated heterocycles. The molecule has 1 aliphatic rings. The summed E-state index contributed by atoms with van der Waals surface area (Å²) in [5.41, 5.74) is 5.03. The van der Waals surface area contributed by atoms with Crippen molar-refractivity contribution in [2.45, 2.75) is 18.9 Å². The number of aliphatic imine (C=N–C) groups is 1. The molecule has 1 atom stereocenters. The molecule has 0 aromatic heterocycles. The normalized spacial score (nSPS) is 21.6. The molecular weight excluding hydrogens is 196 g/mol. The maximum absolute atomic E-state index is 11.3. The predicted octanol–water partition coefficient (Wildman–Crippen LogP) is -1.29. The van der Waals surface area contributed by atoms with Crippen LogP contribution in [0.1, 0.15) is 12.8 Å². The number of amides is 2. The minimum Gasteiger partial charge on any atom is -0.390 e. The number of rotatable bonds is 4. The third-order valence-electron chi connectivity index (χ3n) is 2.31. The SMILES string of the molecule is NC=NCC(=O)NC1CCCN(C=O)C1. The first kappa shape index (κ1) is 11.5. The van der Waals surface area contributed by atoms with Gasteiger partial charge in [0.05, 0.1) is 6.34 Å². The Kier molecular flexibility index (Phi) is 4.59. The number of likely N-dealkylation sites (tertiary alicyclic amines) is 1. The summed E-state index contributed by atoms with van der Waals surface area (Å²) in [4.78, 5) is 27.1. The summed E-state index contributed by atoms with van der Waals surface area (Å²) in [5, 5.41) is 2.81. The highest BCUT2D eigenvalue weighted by molar-refractivity contribution is 5.79. The number of hydrogen-bond acceptors (Lipinski definition) is 3. The molecular formula is C9H16N4O2. The van der Waals surface area contributed by atoms with E-state index in [-0.39, 0.29) is 18.5 Å². The summed E-state index contributed by atoms with van der Waals surface area (Å²) in [7, 11) is 0. The van der Waals surface area contributed by atoms with E-state index in [0.717, 1.165) is 32.1 Å². The molecule has 0 spiro atoms. The summed E-state index contributed by atoms with van der Waals surface area (Å²) < 4.78 is 0. The second-order valence-corrected chi connectivity index (χ2v) is 3.50. The van der Waals surface area contributed by atoms with Crippen LogP contribution in [-0.2, 0) is 9.59 Å². The summed E-state index contributed by atoms with van der Waals surface area (Å²) in [6.07, 6.45) is 3.75. The monoisotopic (exact) mass is 212 g/mol. The van der Waals surface area contributed by atoms with Crippen LogP contribution in [0.4, 0.5) is 0 Å². The summed E-state index contributed by atoms with van der Waals surface area (Å²) in [5.74, 6) is -0.158. The fourth-order valence-electron chi connectivity index (χ4n) is 1.63. The molecule has 6 nitrogen and oxygen atoms in total. The van der Waals surface area contributed by atoms with E-state index in [1.54, 1.807) is 4.90 Å². The molecule has 0 saturated carbocycles. The third kappa shape index (κ3) is 3.97. The molecule has 1 heterocycles. The Morgan fingerprint density at radius 1 is 1.67 bits per heavy atom. The minimum atomic E-state index is -0.158. The fourth-order valence-corrected chi connectivity index (χ4v) is 1.63. The average molecular weight is 212 g/mol. The van der Waals surface area contributed by atoms with E-state index in [4.69, 9.17) is 5.73 Å². The van der Waals surface area contributed by atoms with Gasteiger partial charge in [-0.1, -0.05) is 0 Å². The van der Waals surface area contributed by atoms with Crippen molar-refractivity contribution in [2.24, 2.45) is 10.7 Å². The Morgan fingerprint density at radius 2 is 2.47 bits per heavy atom. The van der Waals surface area contributed by atoms with E-state index in [0.29, 0.717) is 6.54 Å². The Bertz CT molecular complexity index is 254. The zero-order valence-corrected chi connectivity index (χ0v) is 8.56. The topological polar surface area (TPSA) is 87.8 Å². The third-order valence-corrected chi connectivity index (χ3v) is 2.31. The predicted molar refractivity (Wildman–Crippen MR) is 56.3 cm³/mol. The first-order valence-corrected chi connectivity index (χ1v) is 4.95. The Morgan fingerprint density at radius 3 is 3.13 bits per heavy atom. The lowest BCUT2D eigenvalue weighted by Gasteiger charge is -2.30. The van der Waals surface area contributed by atoms with E-state index in [1.807, 2.05) is 0 Å². The van der Waals surface area contributed by atoms with Crippen molar-refractivity contribution < 1.29 is 9.59 Å². The van der Waals surface area contributed by atoms with Gasteiger partial charge in [-0.2, -0.15) is 0 Å². The number of carbonyl (C=O) groups excluding carboxylic acids is 2. The van der Waals surface area contributed by atoms with Crippen molar-refractivity contribution in [3.63, 3.8) is 0 Å². The highest BCUT2D eigenvalue weighted by atomic mass is 16.2. The van der Waals surface area contributed by atoms with Gasteiger partial charge in [-0.15, -0.1) is 0 Å². The van der Waals surface area contributed by atoms with E-state index < -0.39 is 0 Å². The van der Waals surface area contributed by atoms with Gasteiger partial charge in [0.1, 0.15) is 6.54 Å². The number of nitrogens with two attached hydrogens (primary N) is 1. The molecule has 0 aliphatic carbocycles. The zero-order chi connectivity index (χ0) is 11.1. The molecule has 6 heteroatoms. The number of piperidine rings is 1. The Hall–Kier alpha value is -1.59. The average Bonchev–Trinajstić information content (AvgIpc) is 2.26. The molecule has 2 amide bonds. The molecule has 1 unspecified atom stereocenters. The maximum Gasteiger partial charge on any atom is 0.241 e. The molecule has 0 bridgehead atoms. The Balaban J connectivity index is 2.31. The van der Waals surface area contributed by atoms with Crippen LogP contribution in [-0.4, -0.2) is 49.2 Å². The van der Waals surface area contributed by atoms with Crippen molar-refractivity contribution in [2.75, 3.05) is 19.6 Å². The summed E-state index contributed by atoms with van der Waals surface area (Å²) in [6.45, 7) is 1.41. The first-order valence-electron chi connectivity index (χ1n) is 4.95. The van der Waals surface area contributed by atoms with Gasteiger partial charge in [-0.05, 0) is 12.8 Å². The molecule has 0 radical (unpaired) electrons. The van der Waals surface area contributed by atoms with Crippen LogP contribution in [0.2, 0.25) is 0 Å². The van der Waals surface area contributed by atoms with Crippen LogP contribution in [0.3, 0.4) is 0 Å². The second-order valence-electron chi connectivity index (χ2n) is 3.50. The minimum absolute atomic E-state index is 0.0458. The highest BCUT2D eigenvalue weighted by Crippen LogP contribution is 2.07. The van der Waals surface area contributed by atoms with Crippen LogP contribution in [0.5, 0.6) is 0 Å². The van der Waals surface area contributed by atoms with Crippen molar-refractivity contribution in [3.8, 4) is 0 Å². The van der Waals surface area contributed by atoms with E-state index >= 15 is 0 Å². The highest BCUT2D eigenvalue weighted by Gasteiger charge is 2.19. The number of nitrogens with zero attached hydrogens (tertiary/aromatic N) is 2. The van der Waals surface area contributed by atoms with Crippen molar-refractivity contribution in [3.05, 3.63) is 0 Å². The van der Waals surface area contributed by atoms with E-state index in [2.05, 4.69) is 10.3 Å². The first-order chi connectivity index (χ1) is 7.26. The Labute approximate surface area is 88.5 Å². The molecule has 1 aliphatic heterocycles. The van der Waals surface area contributed by atoms with Crippen LogP contribution < -0.4 is 11.1 Å². The van der Waals surface area contributed by atoms with Crippen LogP contribution in [0.15, 0.2) is 4.99 Å². The fraction of sp³-hybridized carbons (Fsp3) is 0.667. The summed E-state index contributed by atoms with van der Waals surface area (Å²) in [6, 6.07) is 0.0458. The lowest BCUT2D eigenvalue weighted by molar-refractivity contribution is -0.123. The van der Waals surface area contributed by atoms with Crippen molar-refractivity contribution in [1.29, 1.82) is 0 Å². The van der Waals surface area contributed by atoms with Crippen LogP contribution in [0, 0.1) is 0 Å². The molecule has 1 fully saturated rings. The molecule has 0 aromatic rings. The lowest BCUT2D eigenvalue weighted by Crippen LogP contribution is -2.47. The molecule has 15 heavy (non-hydrogen) atoms. The second kappa shape index (κ2) is 6.00. The van der Waals surface area contributed by atoms with Crippen LogP contribution >= 0.6 is 0 Å². The largest absolute Gasteiger partial charge is 0.390 e. The van der Waals surface area contributed by atoms with E-state index in [9.17, 15) is 9.59 Å². The van der Waals surface area contributed by atoms with E-state index in [1.165, 1.54) is 0 Å². The van der Waals surface area contributed by atoms with Crippen LogP contribution in [0.25, 0.3) is 0 Å². The van der Waals surface area contributed by atoms with Gasteiger partial charge in [-0.25, -0.2) is 0 Å². The molecule has 0 aromatic carbocycles. The maximum atomic E-state index is 11.3. The standard InChI is InChI=1S/C9H16N4O2/c10-6-11-4-9(15)12-8-2-1-3-13(5-8)7-14/h6-8H,1-5H2,(H2,10,11)(H,12,15). The van der Waals surface area contributed by atoms with Gasteiger partial charge in [0.2, 0.25) is 12.3 Å².